The predicted octanol–water partition coefficient (Wildman–Crippen LogP) is 2.58. The number of halogens is 1. The second-order valence-corrected chi connectivity index (χ2v) is 6.60. The molecule has 3 N–H and O–H groups in total. The Morgan fingerprint density at radius 3 is 3.00 bits per heavy atom. The molecule has 1 aliphatic heterocycles. The van der Waals surface area contributed by atoms with Crippen LogP contribution in [0.25, 0.3) is 16.5 Å². The van der Waals surface area contributed by atoms with E-state index in [1.54, 1.807) is 12.3 Å². The topological polar surface area (TPSA) is 86.9 Å². The number of nitrogens with zero attached hydrogens (tertiary/aromatic N) is 1. The van der Waals surface area contributed by atoms with Gasteiger partial charge in [-0.3, -0.25) is 14.6 Å². The lowest BCUT2D eigenvalue weighted by atomic mass is 9.99. The lowest BCUT2D eigenvalue weighted by Crippen LogP contribution is -2.24. The van der Waals surface area contributed by atoms with Crippen molar-refractivity contribution >= 4 is 28.3 Å². The van der Waals surface area contributed by atoms with Crippen LogP contribution in [0.5, 0.6) is 0 Å². The molecule has 0 fully saturated rings. The molecule has 3 heterocycles. The molecule has 2 amide bonds. The number of pyridine rings is 1. The number of hydrogen-bond donors (Lipinski definition) is 3. The molecule has 7 heteroatoms. The Kier molecular flexibility index (Phi) is 4.89. The van der Waals surface area contributed by atoms with Crippen LogP contribution in [0.15, 0.2) is 48.7 Å². The molecule has 0 radical (unpaired) electrons. The summed E-state index contributed by atoms with van der Waals surface area (Å²) in [7, 11) is 0. The van der Waals surface area contributed by atoms with E-state index in [-0.39, 0.29) is 11.8 Å². The van der Waals surface area contributed by atoms with Gasteiger partial charge in [-0.2, -0.15) is 0 Å². The molecule has 1 aliphatic rings. The minimum atomic E-state index is -0.391. The van der Waals surface area contributed by atoms with E-state index < -0.39 is 5.82 Å². The Balaban J connectivity index is 1.59. The highest BCUT2D eigenvalue weighted by atomic mass is 19.1. The van der Waals surface area contributed by atoms with Gasteiger partial charge in [-0.25, -0.2) is 4.39 Å². The lowest BCUT2D eigenvalue weighted by Gasteiger charge is -2.06. The van der Waals surface area contributed by atoms with Gasteiger partial charge in [0, 0.05) is 53.9 Å². The van der Waals surface area contributed by atoms with Gasteiger partial charge in [-0.1, -0.05) is 6.07 Å². The number of carbonyl (C=O) groups excluding carboxylic acids is 2. The summed E-state index contributed by atoms with van der Waals surface area (Å²) in [6.07, 6.45) is 4.32. The van der Waals surface area contributed by atoms with Crippen molar-refractivity contribution in [1.29, 1.82) is 0 Å². The van der Waals surface area contributed by atoms with Crippen LogP contribution in [0, 0.1) is 5.82 Å². The van der Waals surface area contributed by atoms with Crippen molar-refractivity contribution in [2.24, 2.45) is 0 Å². The number of H-pyrrole nitrogens is 1. The maximum absolute atomic E-state index is 13.8. The molecule has 0 atom stereocenters. The molecule has 142 valence electrons. The number of nitrogens with one attached hydrogen (secondary N) is 3. The Bertz CT molecular complexity index is 1070. The Morgan fingerprint density at radius 2 is 2.18 bits per heavy atom. The van der Waals surface area contributed by atoms with Gasteiger partial charge in [-0.15, -0.1) is 0 Å². The van der Waals surface area contributed by atoms with Crippen LogP contribution in [0.1, 0.15) is 28.2 Å². The van der Waals surface area contributed by atoms with Crippen molar-refractivity contribution in [2.45, 2.75) is 12.8 Å². The second-order valence-electron chi connectivity index (χ2n) is 6.60. The van der Waals surface area contributed by atoms with Crippen molar-refractivity contribution in [3.05, 3.63) is 71.4 Å². The highest BCUT2D eigenvalue weighted by Crippen LogP contribution is 2.32. The molecule has 4 rings (SSSR count). The number of aromatic amines is 1. The zero-order valence-electron chi connectivity index (χ0n) is 15.1. The molecule has 6 nitrogen and oxygen atoms in total. The number of aromatic nitrogens is 2. The number of amides is 2. The van der Waals surface area contributed by atoms with E-state index in [4.69, 9.17) is 0 Å². The minimum Gasteiger partial charge on any atom is -0.352 e. The molecular weight excluding hydrogens is 359 g/mol. The zero-order valence-corrected chi connectivity index (χ0v) is 15.1. The van der Waals surface area contributed by atoms with E-state index in [9.17, 15) is 14.0 Å². The summed E-state index contributed by atoms with van der Waals surface area (Å²) >= 11 is 0. The van der Waals surface area contributed by atoms with Gasteiger partial charge in [0.1, 0.15) is 11.5 Å². The normalized spacial score (nSPS) is 15.2. The second kappa shape index (κ2) is 7.64. The van der Waals surface area contributed by atoms with Crippen molar-refractivity contribution < 1.29 is 14.0 Å². The number of rotatable bonds is 4. The van der Waals surface area contributed by atoms with Crippen molar-refractivity contribution in [3.8, 4) is 0 Å². The molecule has 3 aromatic rings. The Morgan fingerprint density at radius 1 is 1.29 bits per heavy atom. The third kappa shape index (κ3) is 3.64. The van der Waals surface area contributed by atoms with E-state index in [1.807, 2.05) is 18.2 Å². The molecule has 1 aromatic carbocycles. The summed E-state index contributed by atoms with van der Waals surface area (Å²) < 4.78 is 13.8. The fraction of sp³-hybridized carbons (Fsp3) is 0.190. The minimum absolute atomic E-state index is 0.253. The van der Waals surface area contributed by atoms with Gasteiger partial charge in [0.05, 0.1) is 0 Å². The van der Waals surface area contributed by atoms with Gasteiger partial charge < -0.3 is 15.6 Å². The molecule has 0 saturated carbocycles. The van der Waals surface area contributed by atoms with Gasteiger partial charge in [-0.05, 0) is 42.3 Å². The lowest BCUT2D eigenvalue weighted by molar-refractivity contribution is -0.116. The summed E-state index contributed by atoms with van der Waals surface area (Å²) in [4.78, 5) is 32.0. The van der Waals surface area contributed by atoms with Crippen molar-refractivity contribution in [1.82, 2.24) is 20.6 Å². The van der Waals surface area contributed by atoms with Crippen LogP contribution in [0.4, 0.5) is 4.39 Å². The number of benzene rings is 1. The summed E-state index contributed by atoms with van der Waals surface area (Å²) in [5.74, 6) is -0.902. The molecule has 0 aliphatic carbocycles. The van der Waals surface area contributed by atoms with Crippen LogP contribution < -0.4 is 10.6 Å². The molecule has 0 unspecified atom stereocenters. The molecular formula is C21H19FN4O2. The first-order valence-electron chi connectivity index (χ1n) is 9.10. The first-order chi connectivity index (χ1) is 13.6. The highest BCUT2D eigenvalue weighted by molar-refractivity contribution is 6.10. The van der Waals surface area contributed by atoms with Crippen LogP contribution >= 0.6 is 0 Å². The van der Waals surface area contributed by atoms with Crippen LogP contribution in [0.3, 0.4) is 0 Å². The summed E-state index contributed by atoms with van der Waals surface area (Å²) in [5, 5.41) is 6.24. The Hall–Kier alpha value is -3.48. The summed E-state index contributed by atoms with van der Waals surface area (Å²) in [5.41, 5.74) is 3.19. The van der Waals surface area contributed by atoms with E-state index in [1.165, 1.54) is 18.2 Å². The number of hydrogen-bond acceptors (Lipinski definition) is 3. The third-order valence-corrected chi connectivity index (χ3v) is 4.70. The van der Waals surface area contributed by atoms with Gasteiger partial charge >= 0.3 is 0 Å². The average molecular weight is 378 g/mol. The highest BCUT2D eigenvalue weighted by Gasteiger charge is 2.24. The summed E-state index contributed by atoms with van der Waals surface area (Å²) in [6.45, 7) is 0.859. The molecule has 0 spiro atoms. The van der Waals surface area contributed by atoms with E-state index in [0.717, 1.165) is 5.69 Å². The fourth-order valence-electron chi connectivity index (χ4n) is 3.41. The monoisotopic (exact) mass is 378 g/mol. The van der Waals surface area contributed by atoms with E-state index in [0.29, 0.717) is 53.7 Å². The third-order valence-electron chi connectivity index (χ3n) is 4.70. The molecule has 28 heavy (non-hydrogen) atoms. The number of carbonyl (C=O) groups is 2. The molecule has 0 saturated heterocycles. The first kappa shape index (κ1) is 17.9. The fourth-order valence-corrected chi connectivity index (χ4v) is 3.41. The van der Waals surface area contributed by atoms with Gasteiger partial charge in [0.15, 0.2) is 0 Å². The first-order valence-corrected chi connectivity index (χ1v) is 9.10. The van der Waals surface area contributed by atoms with E-state index in [2.05, 4.69) is 20.6 Å². The Labute approximate surface area is 160 Å². The number of fused-ring (bicyclic) bond motifs is 3. The zero-order chi connectivity index (χ0) is 19.5. The van der Waals surface area contributed by atoms with Crippen molar-refractivity contribution in [2.75, 3.05) is 13.1 Å². The van der Waals surface area contributed by atoms with E-state index >= 15 is 0 Å². The standard InChI is InChI=1S/C21H19FN4O2/c22-14-4-5-17-16(12-14)19-13(6-9-25-21(28)20(19)26-17)11-18(27)24-10-7-15-3-1-2-8-23-15/h1-5,8,11-12,26H,6-7,9-10H2,(H,24,27)(H,25,28). The summed E-state index contributed by atoms with van der Waals surface area (Å²) in [6, 6.07) is 9.96. The smallest absolute Gasteiger partial charge is 0.268 e. The largest absolute Gasteiger partial charge is 0.352 e. The van der Waals surface area contributed by atoms with Gasteiger partial charge in [0.25, 0.3) is 5.91 Å². The van der Waals surface area contributed by atoms with Gasteiger partial charge in [0.2, 0.25) is 5.91 Å². The quantitative estimate of drug-likeness (QED) is 0.610. The maximum Gasteiger partial charge on any atom is 0.268 e. The van der Waals surface area contributed by atoms with Crippen molar-refractivity contribution in [3.63, 3.8) is 0 Å². The van der Waals surface area contributed by atoms with Crippen LogP contribution in [0.2, 0.25) is 0 Å². The average Bonchev–Trinajstić information content (AvgIpc) is 2.99. The predicted molar refractivity (Wildman–Crippen MR) is 104 cm³/mol. The SMILES string of the molecule is O=C(C=C1CCNC(=O)c2[nH]c3ccc(F)cc3c21)NCCc1ccccn1. The van der Waals surface area contributed by atoms with Crippen LogP contribution in [-0.2, 0) is 11.2 Å². The maximum atomic E-state index is 13.8. The van der Waals surface area contributed by atoms with Crippen LogP contribution in [-0.4, -0.2) is 34.9 Å². The molecule has 0 bridgehead atoms. The molecule has 2 aromatic heterocycles.